The molecule has 1 aromatic heterocycles. The van der Waals surface area contributed by atoms with E-state index in [1.807, 2.05) is 18.5 Å². The largest absolute Gasteiger partial charge is 0.378 e. The van der Waals surface area contributed by atoms with E-state index in [0.717, 1.165) is 11.4 Å². The Morgan fingerprint density at radius 1 is 1.15 bits per heavy atom. The van der Waals surface area contributed by atoms with E-state index in [1.165, 1.54) is 16.8 Å². The van der Waals surface area contributed by atoms with Crippen LogP contribution in [0.2, 0.25) is 5.02 Å². The highest BCUT2D eigenvalue weighted by atomic mass is 35.5. The second kappa shape index (κ2) is 4.64. The van der Waals surface area contributed by atoms with Crippen LogP contribution in [0.5, 0.6) is 0 Å². The van der Waals surface area contributed by atoms with Crippen LogP contribution >= 0.6 is 11.6 Å². The zero-order valence-corrected chi connectivity index (χ0v) is 11.7. The number of aromatic nitrogens is 1. The summed E-state index contributed by atoms with van der Waals surface area (Å²) < 4.78 is 0. The first-order valence-electron chi connectivity index (χ1n) is 6.95. The Balaban J connectivity index is 1.80. The molecule has 2 nitrogen and oxygen atoms in total. The van der Waals surface area contributed by atoms with Crippen molar-refractivity contribution in [2.24, 2.45) is 5.92 Å². The van der Waals surface area contributed by atoms with E-state index in [4.69, 9.17) is 11.6 Å². The van der Waals surface area contributed by atoms with Gasteiger partial charge >= 0.3 is 0 Å². The summed E-state index contributed by atoms with van der Waals surface area (Å²) in [5.41, 5.74) is 3.82. The molecule has 3 atom stereocenters. The fourth-order valence-electron chi connectivity index (χ4n) is 3.47. The van der Waals surface area contributed by atoms with Gasteiger partial charge in [-0.25, -0.2) is 0 Å². The van der Waals surface area contributed by atoms with Crippen LogP contribution in [0.4, 0.5) is 5.69 Å². The van der Waals surface area contributed by atoms with Crippen LogP contribution < -0.4 is 5.32 Å². The first-order chi connectivity index (χ1) is 9.83. The molecule has 0 amide bonds. The van der Waals surface area contributed by atoms with Crippen molar-refractivity contribution in [3.63, 3.8) is 0 Å². The van der Waals surface area contributed by atoms with Gasteiger partial charge in [0.25, 0.3) is 0 Å². The third-order valence-corrected chi connectivity index (χ3v) is 4.63. The van der Waals surface area contributed by atoms with E-state index >= 15 is 0 Å². The van der Waals surface area contributed by atoms with Crippen LogP contribution in [0, 0.1) is 5.92 Å². The number of halogens is 1. The summed E-state index contributed by atoms with van der Waals surface area (Å²) in [6.45, 7) is 0. The number of allylic oxidation sites excluding steroid dienone is 2. The number of hydrogen-bond acceptors (Lipinski definition) is 2. The maximum Gasteiger partial charge on any atom is 0.0555 e. The van der Waals surface area contributed by atoms with Gasteiger partial charge in [0.1, 0.15) is 0 Å². The van der Waals surface area contributed by atoms with Crippen molar-refractivity contribution in [1.29, 1.82) is 0 Å². The molecule has 0 fully saturated rings. The smallest absolute Gasteiger partial charge is 0.0555 e. The molecule has 0 saturated heterocycles. The fourth-order valence-corrected chi connectivity index (χ4v) is 3.65. The molecule has 1 N–H and O–H groups in total. The molecule has 3 heteroatoms. The zero-order valence-electron chi connectivity index (χ0n) is 11.0. The molecule has 0 spiro atoms. The summed E-state index contributed by atoms with van der Waals surface area (Å²) in [5.74, 6) is 1.02. The highest BCUT2D eigenvalue weighted by Gasteiger charge is 2.37. The summed E-state index contributed by atoms with van der Waals surface area (Å²) in [4.78, 5) is 4.12. The molecule has 2 aliphatic rings. The number of fused-ring (bicyclic) bond motifs is 3. The Hall–Kier alpha value is -1.80. The second-order valence-corrected chi connectivity index (χ2v) is 5.92. The predicted molar refractivity (Wildman–Crippen MR) is 82.0 cm³/mol. The molecular weight excluding hydrogens is 268 g/mol. The van der Waals surface area contributed by atoms with E-state index in [1.54, 1.807) is 0 Å². The number of anilines is 1. The van der Waals surface area contributed by atoms with Crippen LogP contribution in [0.3, 0.4) is 0 Å². The zero-order chi connectivity index (χ0) is 13.5. The van der Waals surface area contributed by atoms with Crippen LogP contribution in [0.15, 0.2) is 54.9 Å². The molecule has 1 aliphatic carbocycles. The lowest BCUT2D eigenvalue weighted by atomic mass is 9.77. The summed E-state index contributed by atoms with van der Waals surface area (Å²) in [7, 11) is 0. The molecule has 2 heterocycles. The molecule has 100 valence electrons. The monoisotopic (exact) mass is 282 g/mol. The average Bonchev–Trinajstić information content (AvgIpc) is 2.97. The highest BCUT2D eigenvalue weighted by Crippen LogP contribution is 2.50. The van der Waals surface area contributed by atoms with Crippen molar-refractivity contribution >= 4 is 17.3 Å². The quantitative estimate of drug-likeness (QED) is 0.776. The Kier molecular flexibility index (Phi) is 2.78. The highest BCUT2D eigenvalue weighted by molar-refractivity contribution is 6.30. The third kappa shape index (κ3) is 1.83. The van der Waals surface area contributed by atoms with E-state index in [0.29, 0.717) is 17.9 Å². The molecule has 0 bridgehead atoms. The lowest BCUT2D eigenvalue weighted by Crippen LogP contribution is -2.29. The number of rotatable bonds is 1. The Bertz CT molecular complexity index is 666. The van der Waals surface area contributed by atoms with E-state index < -0.39 is 0 Å². The number of pyridine rings is 1. The van der Waals surface area contributed by atoms with Crippen molar-refractivity contribution in [2.75, 3.05) is 5.32 Å². The molecule has 0 saturated carbocycles. The fraction of sp³-hybridized carbons (Fsp3) is 0.235. The Morgan fingerprint density at radius 3 is 2.85 bits per heavy atom. The molecule has 0 radical (unpaired) electrons. The first-order valence-corrected chi connectivity index (χ1v) is 7.33. The van der Waals surface area contributed by atoms with E-state index in [-0.39, 0.29) is 0 Å². The van der Waals surface area contributed by atoms with Crippen molar-refractivity contribution in [3.8, 4) is 0 Å². The number of nitrogens with one attached hydrogen (secondary N) is 1. The van der Waals surface area contributed by atoms with Gasteiger partial charge in [0.15, 0.2) is 0 Å². The van der Waals surface area contributed by atoms with Crippen molar-refractivity contribution in [2.45, 2.75) is 18.4 Å². The van der Waals surface area contributed by atoms with Gasteiger partial charge in [-0.05, 0) is 53.8 Å². The molecule has 1 aromatic carbocycles. The van der Waals surface area contributed by atoms with Crippen LogP contribution in [0.1, 0.15) is 29.5 Å². The molecular formula is C17H15ClN2. The lowest BCUT2D eigenvalue weighted by Gasteiger charge is -2.37. The summed E-state index contributed by atoms with van der Waals surface area (Å²) >= 11 is 6.16. The third-order valence-electron chi connectivity index (χ3n) is 4.39. The van der Waals surface area contributed by atoms with Gasteiger partial charge in [-0.3, -0.25) is 4.98 Å². The van der Waals surface area contributed by atoms with Gasteiger partial charge in [0.05, 0.1) is 6.04 Å². The summed E-state index contributed by atoms with van der Waals surface area (Å²) in [5, 5.41) is 4.50. The Morgan fingerprint density at radius 2 is 2.00 bits per heavy atom. The minimum Gasteiger partial charge on any atom is -0.378 e. The summed E-state index contributed by atoms with van der Waals surface area (Å²) in [6.07, 6.45) is 9.46. The number of hydrogen-bond donors (Lipinski definition) is 1. The molecule has 20 heavy (non-hydrogen) atoms. The van der Waals surface area contributed by atoms with Gasteiger partial charge in [0, 0.05) is 29.0 Å². The predicted octanol–water partition coefficient (Wildman–Crippen LogP) is 4.56. The van der Waals surface area contributed by atoms with E-state index in [2.05, 4.69) is 46.7 Å². The molecule has 0 unspecified atom stereocenters. The second-order valence-electron chi connectivity index (χ2n) is 5.49. The Labute approximate surface area is 123 Å². The van der Waals surface area contributed by atoms with Crippen molar-refractivity contribution in [3.05, 3.63) is 71.0 Å². The SMILES string of the molecule is Clc1ccc2c(c1)[C@H]1C=CC[C@@H]1[C@H](c1ccncc1)N2. The van der Waals surface area contributed by atoms with Crippen LogP contribution in [0.25, 0.3) is 0 Å². The standard InChI is InChI=1S/C17H15ClN2/c18-12-4-5-16-15(10-12)13-2-1-3-14(13)17(20-16)11-6-8-19-9-7-11/h1-2,4-10,13-14,17,20H,3H2/t13-,14-,17-/m0/s1. The normalized spacial score (nSPS) is 26.8. The maximum absolute atomic E-state index is 6.16. The van der Waals surface area contributed by atoms with Gasteiger partial charge < -0.3 is 5.32 Å². The van der Waals surface area contributed by atoms with E-state index in [9.17, 15) is 0 Å². The first kappa shape index (κ1) is 12.0. The lowest BCUT2D eigenvalue weighted by molar-refractivity contribution is 0.425. The molecule has 1 aliphatic heterocycles. The van der Waals surface area contributed by atoms with Crippen molar-refractivity contribution < 1.29 is 0 Å². The van der Waals surface area contributed by atoms with Crippen LogP contribution in [-0.4, -0.2) is 4.98 Å². The van der Waals surface area contributed by atoms with Gasteiger partial charge in [-0.15, -0.1) is 0 Å². The minimum absolute atomic E-state index is 0.340. The van der Waals surface area contributed by atoms with Crippen LogP contribution in [-0.2, 0) is 0 Å². The molecule has 2 aromatic rings. The number of benzene rings is 1. The van der Waals surface area contributed by atoms with Gasteiger partial charge in [-0.1, -0.05) is 23.8 Å². The maximum atomic E-state index is 6.16. The summed E-state index contributed by atoms with van der Waals surface area (Å²) in [6, 6.07) is 10.7. The minimum atomic E-state index is 0.340. The van der Waals surface area contributed by atoms with Crippen molar-refractivity contribution in [1.82, 2.24) is 4.98 Å². The van der Waals surface area contributed by atoms with Gasteiger partial charge in [0.2, 0.25) is 0 Å². The molecule has 4 rings (SSSR count). The average molecular weight is 283 g/mol. The topological polar surface area (TPSA) is 24.9 Å². The van der Waals surface area contributed by atoms with Gasteiger partial charge in [-0.2, -0.15) is 0 Å². The number of nitrogens with zero attached hydrogens (tertiary/aromatic N) is 1.